The summed E-state index contributed by atoms with van der Waals surface area (Å²) in [7, 11) is 7.00. The molecular formula is C12H33NO2S. The molecule has 0 rings (SSSR count). The second kappa shape index (κ2) is 60.3. The number of rotatable bonds is 0. The van der Waals surface area contributed by atoms with Gasteiger partial charge < -0.3 is 14.8 Å². The SMILES string of the molecule is CC(C)=O.CCC.CNC.COC.CSC. The Bertz CT molecular complexity index is 69.4. The largest absolute Gasteiger partial charge is 0.388 e. The second-order valence-corrected chi connectivity index (χ2v) is 3.75. The van der Waals surface area contributed by atoms with Crippen molar-refractivity contribution in [2.45, 2.75) is 34.1 Å². The smallest absolute Gasteiger partial charge is 0.126 e. The molecule has 16 heavy (non-hydrogen) atoms. The van der Waals surface area contributed by atoms with E-state index in [0.29, 0.717) is 0 Å². The van der Waals surface area contributed by atoms with E-state index in [4.69, 9.17) is 0 Å². The molecule has 1 N–H and O–H groups in total. The van der Waals surface area contributed by atoms with Crippen molar-refractivity contribution in [3.05, 3.63) is 0 Å². The van der Waals surface area contributed by atoms with Gasteiger partial charge in [0.2, 0.25) is 0 Å². The molecule has 0 spiro atoms. The average molecular weight is 255 g/mol. The van der Waals surface area contributed by atoms with E-state index in [0.717, 1.165) is 0 Å². The molecule has 0 unspecified atom stereocenters. The van der Waals surface area contributed by atoms with Gasteiger partial charge in [0.25, 0.3) is 0 Å². The molecule has 0 saturated carbocycles. The van der Waals surface area contributed by atoms with Crippen molar-refractivity contribution in [3.8, 4) is 0 Å². The van der Waals surface area contributed by atoms with Crippen molar-refractivity contribution in [2.75, 3.05) is 40.8 Å². The average Bonchev–Trinajstić information content (AvgIpc) is 2.06. The predicted molar refractivity (Wildman–Crippen MR) is 79.7 cm³/mol. The number of thioether (sulfide) groups is 1. The van der Waals surface area contributed by atoms with Gasteiger partial charge in [-0.05, 0) is 40.5 Å². The van der Waals surface area contributed by atoms with Crippen LogP contribution in [0.2, 0.25) is 0 Å². The van der Waals surface area contributed by atoms with Crippen LogP contribution in [-0.2, 0) is 9.53 Å². The van der Waals surface area contributed by atoms with Crippen molar-refractivity contribution in [1.29, 1.82) is 0 Å². The number of ether oxygens (including phenoxy) is 1. The van der Waals surface area contributed by atoms with E-state index in [9.17, 15) is 4.79 Å². The highest BCUT2D eigenvalue weighted by molar-refractivity contribution is 7.97. The van der Waals surface area contributed by atoms with Crippen LogP contribution >= 0.6 is 11.8 Å². The van der Waals surface area contributed by atoms with Crippen LogP contribution in [0.1, 0.15) is 34.1 Å². The molecule has 0 aliphatic heterocycles. The summed E-state index contributed by atoms with van der Waals surface area (Å²) in [6, 6.07) is 0. The van der Waals surface area contributed by atoms with Gasteiger partial charge in [0, 0.05) is 14.2 Å². The summed E-state index contributed by atoms with van der Waals surface area (Å²) in [5, 5.41) is 2.75. The first-order valence-electron chi connectivity index (χ1n) is 5.25. The Morgan fingerprint density at radius 1 is 1.12 bits per heavy atom. The Kier molecular flexibility index (Phi) is 112. The molecule has 0 aliphatic carbocycles. The van der Waals surface area contributed by atoms with E-state index in [-0.39, 0.29) is 5.78 Å². The summed E-state index contributed by atoms with van der Waals surface area (Å²) >= 11 is 1.75. The molecule has 0 aromatic rings. The number of carbonyl (C=O) groups is 1. The van der Waals surface area contributed by atoms with Gasteiger partial charge in [-0.3, -0.25) is 0 Å². The zero-order chi connectivity index (χ0) is 14.4. The molecule has 0 atom stereocenters. The van der Waals surface area contributed by atoms with Gasteiger partial charge in [-0.2, -0.15) is 11.8 Å². The van der Waals surface area contributed by atoms with E-state index >= 15 is 0 Å². The van der Waals surface area contributed by atoms with Crippen LogP contribution < -0.4 is 5.32 Å². The molecule has 0 bridgehead atoms. The fourth-order valence-corrected chi connectivity index (χ4v) is 0. The molecule has 0 radical (unpaired) electrons. The lowest BCUT2D eigenvalue weighted by Gasteiger charge is -1.61. The van der Waals surface area contributed by atoms with Crippen molar-refractivity contribution in [2.24, 2.45) is 0 Å². The van der Waals surface area contributed by atoms with E-state index in [2.05, 4.69) is 23.9 Å². The van der Waals surface area contributed by atoms with E-state index in [1.165, 1.54) is 20.3 Å². The predicted octanol–water partition coefficient (Wildman–Crippen LogP) is 3.09. The van der Waals surface area contributed by atoms with Crippen LogP contribution in [0.25, 0.3) is 0 Å². The minimum absolute atomic E-state index is 0.167. The number of carbonyl (C=O) groups excluding carboxylic acids is 1. The first kappa shape index (κ1) is 29.7. The van der Waals surface area contributed by atoms with Crippen molar-refractivity contribution >= 4 is 17.5 Å². The number of nitrogens with one attached hydrogen (secondary N) is 1. The van der Waals surface area contributed by atoms with Gasteiger partial charge in [0.05, 0.1) is 0 Å². The maximum absolute atomic E-state index is 9.44. The van der Waals surface area contributed by atoms with Crippen LogP contribution in [0.5, 0.6) is 0 Å². The standard InChI is InChI=1S/C3H6O.C3H8.C2H7N.C2H6O.C2H6S/c1-3(2)4;4*1-3-2/h1-2H3;3H2,1-2H3;3H,1-2H3;2*1-2H3. The van der Waals surface area contributed by atoms with E-state index in [1.807, 2.05) is 26.6 Å². The van der Waals surface area contributed by atoms with Gasteiger partial charge in [0.15, 0.2) is 0 Å². The normalized spacial score (nSPS) is 6.12. The van der Waals surface area contributed by atoms with Crippen LogP contribution in [0.3, 0.4) is 0 Å². The Morgan fingerprint density at radius 2 is 1.12 bits per heavy atom. The molecule has 0 aromatic heterocycles. The lowest BCUT2D eigenvalue weighted by molar-refractivity contribution is -0.114. The van der Waals surface area contributed by atoms with E-state index < -0.39 is 0 Å². The molecule has 4 heteroatoms. The zero-order valence-electron chi connectivity index (χ0n) is 12.9. The quantitative estimate of drug-likeness (QED) is 0.722. The Morgan fingerprint density at radius 3 is 1.12 bits per heavy atom. The first-order valence-corrected chi connectivity index (χ1v) is 6.88. The molecule has 0 aromatic carbocycles. The fourth-order valence-electron chi connectivity index (χ4n) is 0. The maximum atomic E-state index is 9.44. The molecule has 0 fully saturated rings. The van der Waals surface area contributed by atoms with Crippen molar-refractivity contribution in [1.82, 2.24) is 5.32 Å². The molecule has 104 valence electrons. The topological polar surface area (TPSA) is 38.3 Å². The van der Waals surface area contributed by atoms with Crippen molar-refractivity contribution < 1.29 is 9.53 Å². The fraction of sp³-hybridized carbons (Fsp3) is 0.917. The Balaban J connectivity index is -0.0000000317. The third kappa shape index (κ3) is 648000. The lowest BCUT2D eigenvalue weighted by atomic mass is 10.6. The third-order valence-electron chi connectivity index (χ3n) is 0. The number of methoxy groups -OCH3 is 1. The monoisotopic (exact) mass is 255 g/mol. The lowest BCUT2D eigenvalue weighted by Crippen LogP contribution is -1.89. The van der Waals surface area contributed by atoms with Crippen molar-refractivity contribution in [3.63, 3.8) is 0 Å². The molecule has 0 aliphatic rings. The Hall–Kier alpha value is -0.0600. The minimum atomic E-state index is 0.167. The van der Waals surface area contributed by atoms with Crippen LogP contribution in [0, 0.1) is 0 Å². The summed E-state index contributed by atoms with van der Waals surface area (Å²) < 4.78 is 4.25. The van der Waals surface area contributed by atoms with Gasteiger partial charge in [0.1, 0.15) is 5.78 Å². The van der Waals surface area contributed by atoms with Gasteiger partial charge in [-0.15, -0.1) is 0 Å². The van der Waals surface area contributed by atoms with Crippen LogP contribution in [0.15, 0.2) is 0 Å². The second-order valence-electron chi connectivity index (χ2n) is 2.93. The highest BCUT2D eigenvalue weighted by Gasteiger charge is 1.62. The third-order valence-corrected chi connectivity index (χ3v) is 0. The molecule has 3 nitrogen and oxygen atoms in total. The highest BCUT2D eigenvalue weighted by atomic mass is 32.2. The molecule has 0 amide bonds. The van der Waals surface area contributed by atoms with Crippen LogP contribution in [-0.4, -0.2) is 46.6 Å². The van der Waals surface area contributed by atoms with Gasteiger partial charge in [-0.1, -0.05) is 20.3 Å². The minimum Gasteiger partial charge on any atom is -0.388 e. The summed E-state index contributed by atoms with van der Waals surface area (Å²) in [5.74, 6) is 0.167. The number of ketones is 1. The summed E-state index contributed by atoms with van der Waals surface area (Å²) in [6.07, 6.45) is 5.33. The number of hydrogen-bond acceptors (Lipinski definition) is 4. The van der Waals surface area contributed by atoms with E-state index in [1.54, 1.807) is 26.0 Å². The Labute approximate surface area is 108 Å². The molecule has 0 saturated heterocycles. The number of hydrogen-bond donors (Lipinski definition) is 1. The zero-order valence-corrected chi connectivity index (χ0v) is 13.7. The molecular weight excluding hydrogens is 222 g/mol. The molecule has 0 heterocycles. The van der Waals surface area contributed by atoms with Gasteiger partial charge >= 0.3 is 0 Å². The maximum Gasteiger partial charge on any atom is 0.126 e. The van der Waals surface area contributed by atoms with Gasteiger partial charge in [-0.25, -0.2) is 0 Å². The summed E-state index contributed by atoms with van der Waals surface area (Å²) in [5.41, 5.74) is 0. The number of Topliss-reactive ketones (excluding diaryl/α,β-unsaturated/α-hetero) is 1. The summed E-state index contributed by atoms with van der Waals surface area (Å²) in [6.45, 7) is 7.31. The van der Waals surface area contributed by atoms with Crippen LogP contribution in [0.4, 0.5) is 0 Å². The highest BCUT2D eigenvalue weighted by Crippen LogP contribution is 1.70. The first-order chi connectivity index (χ1) is 7.39. The summed E-state index contributed by atoms with van der Waals surface area (Å²) in [4.78, 5) is 9.44.